The summed E-state index contributed by atoms with van der Waals surface area (Å²) in [6, 6.07) is 9.85. The second-order valence-electron chi connectivity index (χ2n) is 5.26. The van der Waals surface area contributed by atoms with Crippen LogP contribution in [0.4, 0.5) is 5.82 Å². The summed E-state index contributed by atoms with van der Waals surface area (Å²) in [6.07, 6.45) is 1.08. The Labute approximate surface area is 127 Å². The molecular weight excluding hydrogens is 318 g/mol. The Morgan fingerprint density at radius 3 is 2.40 bits per heavy atom. The van der Waals surface area contributed by atoms with Crippen molar-refractivity contribution in [1.82, 2.24) is 9.97 Å². The van der Waals surface area contributed by atoms with Crippen molar-refractivity contribution in [3.05, 3.63) is 40.5 Å². The van der Waals surface area contributed by atoms with Crippen molar-refractivity contribution < 1.29 is 4.74 Å². The average molecular weight is 336 g/mol. The highest BCUT2D eigenvalue weighted by molar-refractivity contribution is 9.10. The van der Waals surface area contributed by atoms with Gasteiger partial charge in [0.2, 0.25) is 0 Å². The van der Waals surface area contributed by atoms with Gasteiger partial charge in [-0.05, 0) is 45.5 Å². The summed E-state index contributed by atoms with van der Waals surface area (Å²) < 4.78 is 6.21. The van der Waals surface area contributed by atoms with Crippen molar-refractivity contribution >= 4 is 21.7 Å². The van der Waals surface area contributed by atoms with Crippen LogP contribution in [0.25, 0.3) is 0 Å². The second-order valence-corrected chi connectivity index (χ2v) is 6.07. The lowest BCUT2D eigenvalue weighted by atomic mass is 9.82. The van der Waals surface area contributed by atoms with Crippen molar-refractivity contribution in [2.45, 2.75) is 32.6 Å². The third kappa shape index (κ3) is 3.48. The third-order valence-electron chi connectivity index (χ3n) is 3.42. The van der Waals surface area contributed by atoms with Crippen LogP contribution in [0.5, 0.6) is 11.8 Å². The van der Waals surface area contributed by atoms with Crippen LogP contribution < -0.4 is 10.5 Å². The smallest absolute Gasteiger partial charge is 0.325 e. The molecule has 0 atom stereocenters. The number of nitrogens with two attached hydrogens (primary N) is 1. The molecule has 0 bridgehead atoms. The zero-order valence-corrected chi connectivity index (χ0v) is 13.4. The molecule has 0 radical (unpaired) electrons. The van der Waals surface area contributed by atoms with E-state index in [-0.39, 0.29) is 11.4 Å². The van der Waals surface area contributed by atoms with Crippen molar-refractivity contribution in [2.24, 2.45) is 0 Å². The van der Waals surface area contributed by atoms with Gasteiger partial charge in [-0.25, -0.2) is 0 Å². The SMILES string of the molecule is CCC(C)(C)c1ccc(Oc2nc(N)cc(Br)n2)cc1. The molecule has 2 rings (SSSR count). The molecule has 2 N–H and O–H groups in total. The Kier molecular flexibility index (Phi) is 4.28. The Bertz CT molecular complexity index is 576. The quantitative estimate of drug-likeness (QED) is 0.846. The maximum atomic E-state index is 5.65. The average Bonchev–Trinajstić information content (AvgIpc) is 2.38. The molecule has 0 spiro atoms. The van der Waals surface area contributed by atoms with Crippen LogP contribution in [0.3, 0.4) is 0 Å². The fourth-order valence-corrected chi connectivity index (χ4v) is 2.13. The molecule has 4 nitrogen and oxygen atoms in total. The standard InChI is InChI=1S/C15H18BrN3O/c1-4-15(2,3)10-5-7-11(8-6-10)20-14-18-12(16)9-13(17)19-14/h5-9H,4H2,1-3H3,(H2,17,18,19). The van der Waals surface area contributed by atoms with Gasteiger partial charge >= 0.3 is 6.01 Å². The first-order chi connectivity index (χ1) is 9.40. The number of nitrogen functional groups attached to an aromatic ring is 1. The van der Waals surface area contributed by atoms with Crippen molar-refractivity contribution in [1.29, 1.82) is 0 Å². The van der Waals surface area contributed by atoms with E-state index in [1.165, 1.54) is 5.56 Å². The summed E-state index contributed by atoms with van der Waals surface area (Å²) in [7, 11) is 0. The lowest BCUT2D eigenvalue weighted by Gasteiger charge is -2.23. The highest BCUT2D eigenvalue weighted by Gasteiger charge is 2.17. The van der Waals surface area contributed by atoms with E-state index in [9.17, 15) is 0 Å². The minimum Gasteiger partial charge on any atom is -0.424 e. The number of halogens is 1. The fraction of sp³-hybridized carbons (Fsp3) is 0.333. The van der Waals surface area contributed by atoms with Crippen LogP contribution in [-0.4, -0.2) is 9.97 Å². The van der Waals surface area contributed by atoms with E-state index in [4.69, 9.17) is 10.5 Å². The highest BCUT2D eigenvalue weighted by atomic mass is 79.9. The first-order valence-electron chi connectivity index (χ1n) is 6.49. The molecule has 5 heteroatoms. The maximum absolute atomic E-state index is 5.65. The van der Waals surface area contributed by atoms with E-state index in [0.717, 1.165) is 6.42 Å². The molecule has 0 unspecified atom stereocenters. The fourth-order valence-electron chi connectivity index (χ4n) is 1.74. The number of rotatable bonds is 4. The van der Waals surface area contributed by atoms with E-state index < -0.39 is 0 Å². The number of benzene rings is 1. The molecule has 0 aliphatic rings. The predicted molar refractivity (Wildman–Crippen MR) is 84.0 cm³/mol. The van der Waals surface area contributed by atoms with Gasteiger partial charge in [-0.1, -0.05) is 32.9 Å². The molecular formula is C15H18BrN3O. The van der Waals surface area contributed by atoms with Crippen LogP contribution in [0.2, 0.25) is 0 Å². The van der Waals surface area contributed by atoms with Crippen LogP contribution >= 0.6 is 15.9 Å². The van der Waals surface area contributed by atoms with E-state index in [2.05, 4.69) is 58.8 Å². The Balaban J connectivity index is 2.19. The lowest BCUT2D eigenvalue weighted by molar-refractivity contribution is 0.440. The van der Waals surface area contributed by atoms with Gasteiger partial charge in [-0.3, -0.25) is 0 Å². The molecule has 20 heavy (non-hydrogen) atoms. The molecule has 0 aliphatic carbocycles. The zero-order chi connectivity index (χ0) is 14.8. The van der Waals surface area contributed by atoms with Gasteiger partial charge in [-0.2, -0.15) is 9.97 Å². The summed E-state index contributed by atoms with van der Waals surface area (Å²) in [5.74, 6) is 1.06. The van der Waals surface area contributed by atoms with Gasteiger partial charge in [0.05, 0.1) is 0 Å². The largest absolute Gasteiger partial charge is 0.424 e. The highest BCUT2D eigenvalue weighted by Crippen LogP contribution is 2.29. The number of ether oxygens (including phenoxy) is 1. The van der Waals surface area contributed by atoms with Gasteiger partial charge in [-0.15, -0.1) is 0 Å². The molecule has 2 aromatic rings. The van der Waals surface area contributed by atoms with Gasteiger partial charge in [0, 0.05) is 6.07 Å². The minimum absolute atomic E-state index is 0.162. The summed E-state index contributed by atoms with van der Waals surface area (Å²) in [6.45, 7) is 6.63. The van der Waals surface area contributed by atoms with Crippen LogP contribution in [0.15, 0.2) is 34.9 Å². The maximum Gasteiger partial charge on any atom is 0.325 e. The van der Waals surface area contributed by atoms with E-state index in [1.807, 2.05) is 12.1 Å². The third-order valence-corrected chi connectivity index (χ3v) is 3.83. The molecule has 1 heterocycles. The molecule has 1 aromatic heterocycles. The summed E-state index contributed by atoms with van der Waals surface area (Å²) in [5, 5.41) is 0. The predicted octanol–water partition coefficient (Wildman–Crippen LogP) is 4.30. The second kappa shape index (κ2) is 5.79. The number of aromatic nitrogens is 2. The Morgan fingerprint density at radius 2 is 1.85 bits per heavy atom. The molecule has 0 amide bonds. The molecule has 0 aliphatic heterocycles. The zero-order valence-electron chi connectivity index (χ0n) is 11.9. The van der Waals surface area contributed by atoms with Crippen LogP contribution in [-0.2, 0) is 5.41 Å². The van der Waals surface area contributed by atoms with E-state index in [1.54, 1.807) is 6.07 Å². The van der Waals surface area contributed by atoms with Crippen molar-refractivity contribution in [3.63, 3.8) is 0 Å². The van der Waals surface area contributed by atoms with Gasteiger partial charge in [0.1, 0.15) is 16.2 Å². The van der Waals surface area contributed by atoms with E-state index in [0.29, 0.717) is 16.2 Å². The number of hydrogen-bond donors (Lipinski definition) is 1. The Morgan fingerprint density at radius 1 is 1.20 bits per heavy atom. The first kappa shape index (κ1) is 14.8. The topological polar surface area (TPSA) is 61.0 Å². The van der Waals surface area contributed by atoms with Crippen LogP contribution in [0.1, 0.15) is 32.8 Å². The van der Waals surface area contributed by atoms with Gasteiger partial charge in [0.25, 0.3) is 0 Å². The molecule has 0 saturated heterocycles. The summed E-state index contributed by atoms with van der Waals surface area (Å²) >= 11 is 3.26. The number of hydrogen-bond acceptors (Lipinski definition) is 4. The van der Waals surface area contributed by atoms with Crippen LogP contribution in [0, 0.1) is 0 Å². The van der Waals surface area contributed by atoms with Gasteiger partial charge in [0.15, 0.2) is 0 Å². The monoisotopic (exact) mass is 335 g/mol. The molecule has 1 aromatic carbocycles. The number of anilines is 1. The molecule has 0 saturated carbocycles. The summed E-state index contributed by atoms with van der Waals surface area (Å²) in [5.41, 5.74) is 7.09. The first-order valence-corrected chi connectivity index (χ1v) is 7.28. The summed E-state index contributed by atoms with van der Waals surface area (Å²) in [4.78, 5) is 8.15. The Hall–Kier alpha value is -1.62. The van der Waals surface area contributed by atoms with Gasteiger partial charge < -0.3 is 10.5 Å². The molecule has 106 valence electrons. The molecule has 0 fully saturated rings. The number of nitrogens with zero attached hydrogens (tertiary/aromatic N) is 2. The van der Waals surface area contributed by atoms with E-state index >= 15 is 0 Å². The van der Waals surface area contributed by atoms with Crippen molar-refractivity contribution in [2.75, 3.05) is 5.73 Å². The lowest BCUT2D eigenvalue weighted by Crippen LogP contribution is -2.14. The normalized spacial score (nSPS) is 11.4. The van der Waals surface area contributed by atoms with Crippen molar-refractivity contribution in [3.8, 4) is 11.8 Å². The minimum atomic E-state index is 0.162.